The van der Waals surface area contributed by atoms with Crippen LogP contribution >= 0.6 is 0 Å². The van der Waals surface area contributed by atoms with Crippen LogP contribution in [0.25, 0.3) is 5.69 Å². The second kappa shape index (κ2) is 7.69. The fourth-order valence-electron chi connectivity index (χ4n) is 2.48. The van der Waals surface area contributed by atoms with Gasteiger partial charge in [0.25, 0.3) is 0 Å². The van der Waals surface area contributed by atoms with Crippen molar-refractivity contribution < 1.29 is 13.7 Å². The SMILES string of the molecule is CC(C)(C)c1noc(CCCC(=O)Nc2ccc(-n3ccnc3)c(F)c2)n1. The summed E-state index contributed by atoms with van der Waals surface area (Å²) in [5.74, 6) is 0.533. The van der Waals surface area contributed by atoms with Gasteiger partial charge in [-0.1, -0.05) is 25.9 Å². The largest absolute Gasteiger partial charge is 0.339 e. The van der Waals surface area contributed by atoms with Crippen molar-refractivity contribution in [2.45, 2.75) is 45.4 Å². The molecule has 27 heavy (non-hydrogen) atoms. The summed E-state index contributed by atoms with van der Waals surface area (Å²) in [5.41, 5.74) is 0.609. The van der Waals surface area contributed by atoms with Crippen LogP contribution in [0.3, 0.4) is 0 Å². The van der Waals surface area contributed by atoms with E-state index >= 15 is 0 Å². The van der Waals surface area contributed by atoms with Crippen LogP contribution < -0.4 is 5.32 Å². The molecule has 3 aromatic rings. The zero-order chi connectivity index (χ0) is 19.4. The lowest BCUT2D eigenvalue weighted by molar-refractivity contribution is -0.116. The first kappa shape index (κ1) is 18.8. The Hall–Kier alpha value is -3.03. The topological polar surface area (TPSA) is 85.8 Å². The summed E-state index contributed by atoms with van der Waals surface area (Å²) in [7, 11) is 0. The first-order valence-electron chi connectivity index (χ1n) is 8.74. The van der Waals surface area contributed by atoms with E-state index in [0.29, 0.717) is 35.9 Å². The normalized spacial score (nSPS) is 11.6. The van der Waals surface area contributed by atoms with Crippen molar-refractivity contribution in [3.63, 3.8) is 0 Å². The molecule has 0 saturated heterocycles. The van der Waals surface area contributed by atoms with Gasteiger partial charge in [-0.3, -0.25) is 4.79 Å². The smallest absolute Gasteiger partial charge is 0.226 e. The second-order valence-corrected chi connectivity index (χ2v) is 7.30. The Morgan fingerprint density at radius 2 is 2.15 bits per heavy atom. The molecule has 0 bridgehead atoms. The summed E-state index contributed by atoms with van der Waals surface area (Å²) in [6.07, 6.45) is 6.09. The molecule has 1 aromatic carbocycles. The van der Waals surface area contributed by atoms with Crippen molar-refractivity contribution in [2.75, 3.05) is 5.32 Å². The number of carbonyl (C=O) groups excluding carboxylic acids is 1. The quantitative estimate of drug-likeness (QED) is 0.715. The molecule has 3 rings (SSSR count). The molecular weight excluding hydrogens is 349 g/mol. The molecule has 0 aliphatic carbocycles. The van der Waals surface area contributed by atoms with E-state index in [2.05, 4.69) is 20.4 Å². The lowest BCUT2D eigenvalue weighted by atomic mass is 9.96. The maximum Gasteiger partial charge on any atom is 0.226 e. The Balaban J connectivity index is 1.51. The van der Waals surface area contributed by atoms with Crippen LogP contribution in [0, 0.1) is 5.82 Å². The number of benzene rings is 1. The molecule has 0 fully saturated rings. The predicted octanol–water partition coefficient (Wildman–Crippen LogP) is 3.65. The summed E-state index contributed by atoms with van der Waals surface area (Å²) in [6.45, 7) is 6.02. The Kier molecular flexibility index (Phi) is 5.34. The van der Waals surface area contributed by atoms with Crippen molar-refractivity contribution in [3.8, 4) is 5.69 Å². The average Bonchev–Trinajstić information content (AvgIpc) is 3.26. The van der Waals surface area contributed by atoms with Gasteiger partial charge in [-0.15, -0.1) is 0 Å². The molecule has 142 valence electrons. The molecule has 0 unspecified atom stereocenters. The number of amides is 1. The van der Waals surface area contributed by atoms with Gasteiger partial charge in [0.15, 0.2) is 5.82 Å². The third-order valence-corrected chi connectivity index (χ3v) is 3.95. The molecule has 1 amide bonds. The fraction of sp³-hybridized carbons (Fsp3) is 0.368. The van der Waals surface area contributed by atoms with Gasteiger partial charge in [0, 0.05) is 36.3 Å². The van der Waals surface area contributed by atoms with Gasteiger partial charge in [0.05, 0.1) is 12.0 Å². The molecule has 2 aromatic heterocycles. The van der Waals surface area contributed by atoms with Gasteiger partial charge in [-0.25, -0.2) is 9.37 Å². The number of rotatable bonds is 6. The molecule has 2 heterocycles. The number of imidazole rings is 1. The molecule has 0 atom stereocenters. The van der Waals surface area contributed by atoms with Gasteiger partial charge >= 0.3 is 0 Å². The number of nitrogens with one attached hydrogen (secondary N) is 1. The van der Waals surface area contributed by atoms with Gasteiger partial charge in [0.1, 0.15) is 5.82 Å². The Bertz CT molecular complexity index is 913. The standard InChI is InChI=1S/C19H22FN5O2/c1-19(2,3)18-23-17(27-24-18)6-4-5-16(26)22-13-7-8-15(14(20)11-13)25-10-9-21-12-25/h7-12H,4-6H2,1-3H3,(H,22,26). The Labute approximate surface area is 156 Å². The molecule has 7 nitrogen and oxygen atoms in total. The Morgan fingerprint density at radius 3 is 2.78 bits per heavy atom. The fourth-order valence-corrected chi connectivity index (χ4v) is 2.48. The molecule has 0 aliphatic rings. The van der Waals surface area contributed by atoms with Crippen molar-refractivity contribution >= 4 is 11.6 Å². The minimum absolute atomic E-state index is 0.175. The van der Waals surface area contributed by atoms with Crippen molar-refractivity contribution in [1.82, 2.24) is 19.7 Å². The van der Waals surface area contributed by atoms with Gasteiger partial charge in [-0.2, -0.15) is 4.98 Å². The van der Waals surface area contributed by atoms with E-state index in [1.807, 2.05) is 20.8 Å². The van der Waals surface area contributed by atoms with Crippen LogP contribution in [0.5, 0.6) is 0 Å². The number of halogens is 1. The zero-order valence-corrected chi connectivity index (χ0v) is 15.6. The molecule has 1 N–H and O–H groups in total. The number of anilines is 1. The van der Waals surface area contributed by atoms with Crippen LogP contribution in [0.4, 0.5) is 10.1 Å². The second-order valence-electron chi connectivity index (χ2n) is 7.30. The van der Waals surface area contributed by atoms with Crippen LogP contribution in [-0.4, -0.2) is 25.6 Å². The lowest BCUT2D eigenvalue weighted by Crippen LogP contribution is -2.13. The highest BCUT2D eigenvalue weighted by Gasteiger charge is 2.20. The van der Waals surface area contributed by atoms with Gasteiger partial charge in [0.2, 0.25) is 11.8 Å². The molecule has 0 saturated carbocycles. The summed E-state index contributed by atoms with van der Waals surface area (Å²) in [5, 5.41) is 6.66. The van der Waals surface area contributed by atoms with E-state index < -0.39 is 5.82 Å². The molecule has 0 radical (unpaired) electrons. The van der Waals surface area contributed by atoms with E-state index in [1.165, 1.54) is 12.4 Å². The highest BCUT2D eigenvalue weighted by molar-refractivity contribution is 5.90. The van der Waals surface area contributed by atoms with Crippen molar-refractivity contribution in [2.24, 2.45) is 0 Å². The van der Waals surface area contributed by atoms with Crippen molar-refractivity contribution in [1.29, 1.82) is 0 Å². The van der Waals surface area contributed by atoms with E-state index in [9.17, 15) is 9.18 Å². The Morgan fingerprint density at radius 1 is 1.33 bits per heavy atom. The first-order valence-corrected chi connectivity index (χ1v) is 8.74. The average molecular weight is 371 g/mol. The number of hydrogen-bond acceptors (Lipinski definition) is 5. The van der Waals surface area contributed by atoms with E-state index in [1.54, 1.807) is 29.1 Å². The highest BCUT2D eigenvalue weighted by atomic mass is 19.1. The number of aromatic nitrogens is 4. The maximum atomic E-state index is 14.2. The minimum atomic E-state index is -0.439. The lowest BCUT2D eigenvalue weighted by Gasteiger charge is -2.10. The molecule has 8 heteroatoms. The monoisotopic (exact) mass is 371 g/mol. The molecular formula is C19H22FN5O2. The number of hydrogen-bond donors (Lipinski definition) is 1. The maximum absolute atomic E-state index is 14.2. The molecule has 0 spiro atoms. The summed E-state index contributed by atoms with van der Waals surface area (Å²) in [6, 6.07) is 4.55. The van der Waals surface area contributed by atoms with E-state index in [0.717, 1.165) is 0 Å². The first-order chi connectivity index (χ1) is 12.8. The third-order valence-electron chi connectivity index (χ3n) is 3.95. The van der Waals surface area contributed by atoms with Crippen LogP contribution in [-0.2, 0) is 16.6 Å². The number of nitrogens with zero attached hydrogens (tertiary/aromatic N) is 4. The van der Waals surface area contributed by atoms with E-state index in [-0.39, 0.29) is 17.7 Å². The highest BCUT2D eigenvalue weighted by Crippen LogP contribution is 2.20. The van der Waals surface area contributed by atoms with Gasteiger partial charge in [-0.05, 0) is 24.6 Å². The van der Waals surface area contributed by atoms with E-state index in [4.69, 9.17) is 4.52 Å². The zero-order valence-electron chi connectivity index (χ0n) is 15.6. The summed E-state index contributed by atoms with van der Waals surface area (Å²) >= 11 is 0. The number of aryl methyl sites for hydroxylation is 1. The number of carbonyl (C=O) groups is 1. The minimum Gasteiger partial charge on any atom is -0.339 e. The van der Waals surface area contributed by atoms with Crippen LogP contribution in [0.2, 0.25) is 0 Å². The molecule has 0 aliphatic heterocycles. The van der Waals surface area contributed by atoms with Crippen molar-refractivity contribution in [3.05, 3.63) is 54.5 Å². The summed E-state index contributed by atoms with van der Waals surface area (Å²) in [4.78, 5) is 20.3. The van der Waals surface area contributed by atoms with Crippen LogP contribution in [0.1, 0.15) is 45.3 Å². The summed E-state index contributed by atoms with van der Waals surface area (Å²) < 4.78 is 21.0. The third kappa shape index (κ3) is 4.78. The predicted molar refractivity (Wildman–Crippen MR) is 98.1 cm³/mol. The van der Waals surface area contributed by atoms with Crippen LogP contribution in [0.15, 0.2) is 41.4 Å². The van der Waals surface area contributed by atoms with Gasteiger partial charge < -0.3 is 14.4 Å².